The van der Waals surface area contributed by atoms with Crippen LogP contribution in [0, 0.1) is 5.41 Å². The molecule has 1 aromatic rings. The van der Waals surface area contributed by atoms with Crippen LogP contribution in [0.2, 0.25) is 0 Å². The molecule has 1 aliphatic carbocycles. The third kappa shape index (κ3) is 2.77. The number of rotatable bonds is 4. The topological polar surface area (TPSA) is 12.0 Å². The van der Waals surface area contributed by atoms with Crippen LogP contribution in [0.4, 0.5) is 0 Å². The first kappa shape index (κ1) is 13.6. The van der Waals surface area contributed by atoms with E-state index in [-0.39, 0.29) is 0 Å². The Morgan fingerprint density at radius 1 is 1.22 bits per heavy atom. The fraction of sp³-hybridized carbons (Fsp3) is 0.647. The number of benzene rings is 1. The molecule has 0 spiro atoms. The van der Waals surface area contributed by atoms with Crippen LogP contribution < -0.4 is 5.32 Å². The van der Waals surface area contributed by atoms with Gasteiger partial charge < -0.3 is 5.32 Å². The van der Waals surface area contributed by atoms with Crippen molar-refractivity contribution in [1.82, 2.24) is 5.32 Å². The molecule has 0 saturated heterocycles. The molecule has 18 heavy (non-hydrogen) atoms. The quantitative estimate of drug-likeness (QED) is 0.824. The summed E-state index contributed by atoms with van der Waals surface area (Å²) in [4.78, 5) is 0. The van der Waals surface area contributed by atoms with Gasteiger partial charge in [0.1, 0.15) is 0 Å². The van der Waals surface area contributed by atoms with E-state index in [1.54, 1.807) is 0 Å². The lowest BCUT2D eigenvalue weighted by molar-refractivity contribution is 0.150. The molecule has 0 aromatic heterocycles. The number of hydrogen-bond acceptors (Lipinski definition) is 1. The number of aryl methyl sites for hydroxylation is 1. The van der Waals surface area contributed by atoms with E-state index in [2.05, 4.69) is 50.5 Å². The first-order chi connectivity index (χ1) is 8.69. The fourth-order valence-electron chi connectivity index (χ4n) is 3.56. The smallest absolute Gasteiger partial charge is 0.0372 e. The Hall–Kier alpha value is -0.820. The molecule has 100 valence electrons. The molecular weight excluding hydrogens is 218 g/mol. The molecule has 1 N–H and O–H groups in total. The highest BCUT2D eigenvalue weighted by atomic mass is 14.9. The Balaban J connectivity index is 2.26. The van der Waals surface area contributed by atoms with E-state index in [4.69, 9.17) is 0 Å². The largest absolute Gasteiger partial charge is 0.313 e. The Bertz CT molecular complexity index is 377. The molecule has 1 nitrogen and oxygen atoms in total. The zero-order valence-corrected chi connectivity index (χ0v) is 12.1. The molecule has 1 aromatic carbocycles. The molecule has 0 bridgehead atoms. The predicted molar refractivity (Wildman–Crippen MR) is 78.8 cm³/mol. The summed E-state index contributed by atoms with van der Waals surface area (Å²) in [6.07, 6.45) is 8.04. The van der Waals surface area contributed by atoms with Crippen LogP contribution in [0.5, 0.6) is 0 Å². The Labute approximate surface area is 112 Å². The second-order valence-corrected chi connectivity index (χ2v) is 6.03. The second kappa shape index (κ2) is 5.88. The summed E-state index contributed by atoms with van der Waals surface area (Å²) < 4.78 is 0. The van der Waals surface area contributed by atoms with Crippen molar-refractivity contribution in [3.05, 3.63) is 35.4 Å². The van der Waals surface area contributed by atoms with Gasteiger partial charge >= 0.3 is 0 Å². The molecule has 1 heteroatoms. The van der Waals surface area contributed by atoms with Crippen LogP contribution in [-0.4, -0.2) is 7.05 Å². The Morgan fingerprint density at radius 2 is 1.94 bits per heavy atom. The Kier molecular flexibility index (Phi) is 4.45. The van der Waals surface area contributed by atoms with Crippen molar-refractivity contribution in [2.24, 2.45) is 5.41 Å². The van der Waals surface area contributed by atoms with Gasteiger partial charge in [0.25, 0.3) is 0 Å². The molecule has 2 rings (SSSR count). The summed E-state index contributed by atoms with van der Waals surface area (Å²) in [7, 11) is 2.11. The zero-order valence-electron chi connectivity index (χ0n) is 12.1. The average molecular weight is 245 g/mol. The van der Waals surface area contributed by atoms with Crippen LogP contribution >= 0.6 is 0 Å². The van der Waals surface area contributed by atoms with Crippen molar-refractivity contribution in [2.75, 3.05) is 7.05 Å². The van der Waals surface area contributed by atoms with E-state index in [1.807, 2.05) is 0 Å². The molecule has 1 aliphatic rings. The molecule has 1 unspecified atom stereocenters. The van der Waals surface area contributed by atoms with Gasteiger partial charge in [0.15, 0.2) is 0 Å². The summed E-state index contributed by atoms with van der Waals surface area (Å²) in [6, 6.07) is 9.63. The van der Waals surface area contributed by atoms with Gasteiger partial charge in [-0.15, -0.1) is 0 Å². The highest BCUT2D eigenvalue weighted by Gasteiger charge is 2.35. The minimum atomic E-state index is 0.430. The maximum atomic E-state index is 3.58. The summed E-state index contributed by atoms with van der Waals surface area (Å²) >= 11 is 0. The first-order valence-electron chi connectivity index (χ1n) is 7.46. The van der Waals surface area contributed by atoms with Crippen molar-refractivity contribution in [3.8, 4) is 0 Å². The highest BCUT2D eigenvalue weighted by Crippen LogP contribution is 2.45. The van der Waals surface area contributed by atoms with Crippen LogP contribution in [0.1, 0.15) is 63.1 Å². The zero-order chi connectivity index (χ0) is 13.0. The van der Waals surface area contributed by atoms with Crippen LogP contribution in [0.3, 0.4) is 0 Å². The van der Waals surface area contributed by atoms with Crippen molar-refractivity contribution >= 4 is 0 Å². The van der Waals surface area contributed by atoms with Gasteiger partial charge in [0.2, 0.25) is 0 Å². The predicted octanol–water partition coefficient (Wildman–Crippen LogP) is 4.48. The summed E-state index contributed by atoms with van der Waals surface area (Å²) in [6.45, 7) is 4.70. The SMILES string of the molecule is CCc1cccc(C(NC)C2(C)CCCCC2)c1. The van der Waals surface area contributed by atoms with E-state index < -0.39 is 0 Å². The molecule has 1 fully saturated rings. The molecule has 0 radical (unpaired) electrons. The van der Waals surface area contributed by atoms with Crippen LogP contribution in [-0.2, 0) is 6.42 Å². The van der Waals surface area contributed by atoms with Gasteiger partial charge in [-0.1, -0.05) is 57.4 Å². The van der Waals surface area contributed by atoms with Crippen molar-refractivity contribution in [2.45, 2.75) is 58.4 Å². The molecule has 0 heterocycles. The summed E-state index contributed by atoms with van der Waals surface area (Å²) in [5.41, 5.74) is 3.35. The standard InChI is InChI=1S/C17H27N/c1-4-14-9-8-10-15(13-14)16(18-3)17(2)11-6-5-7-12-17/h8-10,13,16,18H,4-7,11-12H2,1-3H3. The molecule has 0 aliphatic heterocycles. The third-order valence-electron chi connectivity index (χ3n) is 4.67. The van der Waals surface area contributed by atoms with Crippen molar-refractivity contribution in [1.29, 1.82) is 0 Å². The van der Waals surface area contributed by atoms with E-state index in [9.17, 15) is 0 Å². The molecule has 1 atom stereocenters. The van der Waals surface area contributed by atoms with Crippen molar-refractivity contribution < 1.29 is 0 Å². The average Bonchev–Trinajstić information content (AvgIpc) is 2.40. The normalized spacial score (nSPS) is 20.6. The van der Waals surface area contributed by atoms with E-state index in [1.165, 1.54) is 43.2 Å². The monoisotopic (exact) mass is 245 g/mol. The first-order valence-corrected chi connectivity index (χ1v) is 7.46. The van der Waals surface area contributed by atoms with Gasteiger partial charge in [-0.05, 0) is 42.9 Å². The van der Waals surface area contributed by atoms with Gasteiger partial charge in [-0.3, -0.25) is 0 Å². The van der Waals surface area contributed by atoms with E-state index in [0.717, 1.165) is 6.42 Å². The minimum Gasteiger partial charge on any atom is -0.313 e. The lowest BCUT2D eigenvalue weighted by atomic mass is 9.68. The lowest BCUT2D eigenvalue weighted by Gasteiger charge is -2.41. The molecular formula is C17H27N. The number of nitrogens with one attached hydrogen (secondary N) is 1. The summed E-state index contributed by atoms with van der Waals surface area (Å²) in [5, 5.41) is 3.58. The molecule has 1 saturated carbocycles. The van der Waals surface area contributed by atoms with Gasteiger partial charge in [0, 0.05) is 6.04 Å². The fourth-order valence-corrected chi connectivity index (χ4v) is 3.56. The van der Waals surface area contributed by atoms with Crippen LogP contribution in [0.25, 0.3) is 0 Å². The van der Waals surface area contributed by atoms with E-state index in [0.29, 0.717) is 11.5 Å². The van der Waals surface area contributed by atoms with Gasteiger partial charge in [-0.2, -0.15) is 0 Å². The maximum Gasteiger partial charge on any atom is 0.0372 e. The maximum absolute atomic E-state index is 3.58. The second-order valence-electron chi connectivity index (χ2n) is 6.03. The lowest BCUT2D eigenvalue weighted by Crippen LogP contribution is -2.36. The Morgan fingerprint density at radius 3 is 2.56 bits per heavy atom. The summed E-state index contributed by atoms with van der Waals surface area (Å²) in [5.74, 6) is 0. The third-order valence-corrected chi connectivity index (χ3v) is 4.67. The highest BCUT2D eigenvalue weighted by molar-refractivity contribution is 5.27. The molecule has 0 amide bonds. The van der Waals surface area contributed by atoms with Gasteiger partial charge in [-0.25, -0.2) is 0 Å². The van der Waals surface area contributed by atoms with Crippen LogP contribution in [0.15, 0.2) is 24.3 Å². The van der Waals surface area contributed by atoms with Crippen molar-refractivity contribution in [3.63, 3.8) is 0 Å². The minimum absolute atomic E-state index is 0.430. The van der Waals surface area contributed by atoms with Gasteiger partial charge in [0.05, 0.1) is 0 Å². The number of hydrogen-bond donors (Lipinski definition) is 1. The van der Waals surface area contributed by atoms with E-state index >= 15 is 0 Å².